The molecule has 1 aliphatic rings. The van der Waals surface area contributed by atoms with E-state index in [1.807, 2.05) is 35.0 Å². The van der Waals surface area contributed by atoms with E-state index in [0.717, 1.165) is 55.0 Å². The van der Waals surface area contributed by atoms with Gasteiger partial charge in [-0.15, -0.1) is 0 Å². The second-order valence-corrected chi connectivity index (χ2v) is 12.5. The fourth-order valence-corrected chi connectivity index (χ4v) is 8.31. The Morgan fingerprint density at radius 1 is 0.571 bits per heavy atom. The molecular formula is C36H21N3O2S. The van der Waals surface area contributed by atoms with Crippen LogP contribution in [0.2, 0.25) is 0 Å². The molecule has 0 saturated carbocycles. The summed E-state index contributed by atoms with van der Waals surface area (Å²) < 4.78 is 29.5. The molecule has 5 nitrogen and oxygen atoms in total. The fourth-order valence-electron chi connectivity index (χ4n) is 6.67. The molecule has 9 rings (SSSR count). The van der Waals surface area contributed by atoms with Crippen LogP contribution in [-0.2, 0) is 9.84 Å². The number of sulfone groups is 1. The molecule has 0 N–H and O–H groups in total. The Morgan fingerprint density at radius 3 is 1.95 bits per heavy atom. The number of para-hydroxylation sites is 3. The molecule has 0 spiro atoms. The van der Waals surface area contributed by atoms with Gasteiger partial charge in [0.1, 0.15) is 5.82 Å². The van der Waals surface area contributed by atoms with Crippen molar-refractivity contribution < 1.29 is 8.42 Å². The van der Waals surface area contributed by atoms with E-state index < -0.39 is 9.84 Å². The summed E-state index contributed by atoms with van der Waals surface area (Å²) in [6.07, 6.45) is 1.84. The number of imidazole rings is 1. The molecule has 0 atom stereocenters. The summed E-state index contributed by atoms with van der Waals surface area (Å²) in [6.45, 7) is 0. The average molecular weight is 560 g/mol. The lowest BCUT2D eigenvalue weighted by atomic mass is 9.87. The summed E-state index contributed by atoms with van der Waals surface area (Å²) in [6, 6.07) is 39.7. The predicted molar refractivity (Wildman–Crippen MR) is 168 cm³/mol. The molecule has 0 unspecified atom stereocenters. The maximum atomic E-state index is 13.7. The fraction of sp³-hybridized carbons (Fsp3) is 0. The van der Waals surface area contributed by atoms with Crippen molar-refractivity contribution in [1.29, 1.82) is 0 Å². The molecule has 0 radical (unpaired) electrons. The molecule has 2 aromatic heterocycles. The monoisotopic (exact) mass is 559 g/mol. The molecule has 0 amide bonds. The van der Waals surface area contributed by atoms with Crippen LogP contribution in [0.4, 0.5) is 0 Å². The zero-order valence-corrected chi connectivity index (χ0v) is 23.0. The Kier molecular flexibility index (Phi) is 4.65. The Labute approximate surface area is 241 Å². The maximum Gasteiger partial charge on any atom is 0.210 e. The molecule has 0 bridgehead atoms. The van der Waals surface area contributed by atoms with Crippen LogP contribution in [0, 0.1) is 0 Å². The molecular weight excluding hydrogens is 538 g/mol. The van der Waals surface area contributed by atoms with Crippen molar-refractivity contribution in [3.8, 4) is 28.2 Å². The maximum absolute atomic E-state index is 13.7. The first-order valence-electron chi connectivity index (χ1n) is 13.8. The summed E-state index contributed by atoms with van der Waals surface area (Å²) >= 11 is 0. The lowest BCUT2D eigenvalue weighted by molar-refractivity contribution is 0.594. The van der Waals surface area contributed by atoms with Gasteiger partial charge in [-0.3, -0.25) is 9.55 Å². The van der Waals surface area contributed by atoms with Crippen molar-refractivity contribution in [2.45, 2.75) is 9.79 Å². The zero-order valence-electron chi connectivity index (χ0n) is 22.2. The number of benzene rings is 6. The number of hydrogen-bond donors (Lipinski definition) is 0. The minimum Gasteiger partial charge on any atom is -0.290 e. The molecule has 198 valence electrons. The van der Waals surface area contributed by atoms with E-state index in [4.69, 9.17) is 9.97 Å². The Balaban J connectivity index is 1.49. The molecule has 0 aliphatic carbocycles. The highest BCUT2D eigenvalue weighted by molar-refractivity contribution is 7.92. The van der Waals surface area contributed by atoms with Gasteiger partial charge in [-0.25, -0.2) is 13.4 Å². The van der Waals surface area contributed by atoms with Crippen molar-refractivity contribution in [2.75, 3.05) is 0 Å². The average Bonchev–Trinajstić information content (AvgIpc) is 3.42. The van der Waals surface area contributed by atoms with Gasteiger partial charge in [-0.1, -0.05) is 91.0 Å². The zero-order chi connectivity index (χ0) is 28.0. The molecule has 1 aliphatic heterocycles. The first kappa shape index (κ1) is 23.4. The Morgan fingerprint density at radius 2 is 1.19 bits per heavy atom. The van der Waals surface area contributed by atoms with Gasteiger partial charge >= 0.3 is 0 Å². The van der Waals surface area contributed by atoms with Gasteiger partial charge in [-0.05, 0) is 57.4 Å². The van der Waals surface area contributed by atoms with Crippen molar-refractivity contribution in [1.82, 2.24) is 14.5 Å². The van der Waals surface area contributed by atoms with Crippen LogP contribution >= 0.6 is 0 Å². The molecule has 0 fully saturated rings. The minimum atomic E-state index is -3.69. The first-order chi connectivity index (χ1) is 20.6. The first-order valence-corrected chi connectivity index (χ1v) is 15.3. The van der Waals surface area contributed by atoms with Crippen LogP contribution in [-0.4, -0.2) is 23.0 Å². The quantitative estimate of drug-likeness (QED) is 0.200. The van der Waals surface area contributed by atoms with E-state index >= 15 is 0 Å². The van der Waals surface area contributed by atoms with Gasteiger partial charge in [0, 0.05) is 22.7 Å². The SMILES string of the molecule is O=S1(=O)c2ccccc2-n2c(-c3c4ccccc4c(-c4cccc5cccnc45)c4ccccc34)nc3cccc1c32. The van der Waals surface area contributed by atoms with Crippen LogP contribution in [0.3, 0.4) is 0 Å². The third kappa shape index (κ3) is 2.99. The summed E-state index contributed by atoms with van der Waals surface area (Å²) in [7, 11) is -3.69. The Hall–Kier alpha value is -5.33. The third-order valence-corrected chi connectivity index (χ3v) is 10.2. The number of nitrogens with zero attached hydrogens (tertiary/aromatic N) is 3. The van der Waals surface area contributed by atoms with E-state index in [-0.39, 0.29) is 9.79 Å². The molecule has 6 aromatic carbocycles. The molecule has 3 heterocycles. The van der Waals surface area contributed by atoms with Gasteiger partial charge < -0.3 is 0 Å². The highest BCUT2D eigenvalue weighted by Crippen LogP contribution is 2.47. The van der Waals surface area contributed by atoms with E-state index in [2.05, 4.69) is 72.8 Å². The van der Waals surface area contributed by atoms with Crippen LogP contribution in [0.5, 0.6) is 0 Å². The number of fused-ring (bicyclic) bond motifs is 5. The second-order valence-electron chi connectivity index (χ2n) is 10.6. The van der Waals surface area contributed by atoms with Gasteiger partial charge in [-0.2, -0.15) is 0 Å². The van der Waals surface area contributed by atoms with Gasteiger partial charge in [0.2, 0.25) is 9.84 Å². The topological polar surface area (TPSA) is 64.8 Å². The van der Waals surface area contributed by atoms with E-state index in [0.29, 0.717) is 16.7 Å². The second kappa shape index (κ2) is 8.35. The van der Waals surface area contributed by atoms with E-state index in [9.17, 15) is 8.42 Å². The van der Waals surface area contributed by atoms with Crippen molar-refractivity contribution in [3.05, 3.63) is 128 Å². The van der Waals surface area contributed by atoms with Crippen LogP contribution in [0.15, 0.2) is 137 Å². The molecule has 42 heavy (non-hydrogen) atoms. The smallest absolute Gasteiger partial charge is 0.210 e. The highest BCUT2D eigenvalue weighted by Gasteiger charge is 2.34. The summed E-state index contributed by atoms with van der Waals surface area (Å²) in [4.78, 5) is 10.5. The standard InChI is InChI=1S/C36H21N3O2S/c40-42(41)30-19-6-5-18-29(30)39-35-28(17-8-20-31(35)42)38-36(39)33-25-14-3-1-12-23(25)32(24-13-2-4-15-26(24)33)27-16-7-10-22-11-9-21-37-34(22)27/h1-21H. The van der Waals surface area contributed by atoms with E-state index in [1.54, 1.807) is 24.3 Å². The molecule has 8 aromatic rings. The molecule has 6 heteroatoms. The summed E-state index contributed by atoms with van der Waals surface area (Å²) in [5.41, 5.74) is 5.98. The lowest BCUT2D eigenvalue weighted by Crippen LogP contribution is -2.15. The van der Waals surface area contributed by atoms with Gasteiger partial charge in [0.05, 0.1) is 32.0 Å². The normalized spacial score (nSPS) is 13.6. The highest BCUT2D eigenvalue weighted by atomic mass is 32.2. The third-order valence-electron chi connectivity index (χ3n) is 8.38. The summed E-state index contributed by atoms with van der Waals surface area (Å²) in [5.74, 6) is 0.717. The number of pyridine rings is 1. The van der Waals surface area contributed by atoms with Crippen molar-refractivity contribution in [2.24, 2.45) is 0 Å². The Bertz CT molecular complexity index is 2490. The van der Waals surface area contributed by atoms with E-state index in [1.165, 1.54) is 0 Å². The van der Waals surface area contributed by atoms with Crippen molar-refractivity contribution >= 4 is 53.3 Å². The molecule has 0 saturated heterocycles. The van der Waals surface area contributed by atoms with Crippen molar-refractivity contribution in [3.63, 3.8) is 0 Å². The van der Waals surface area contributed by atoms with Gasteiger partial charge in [0.25, 0.3) is 0 Å². The van der Waals surface area contributed by atoms with Crippen LogP contribution in [0.25, 0.3) is 71.7 Å². The largest absolute Gasteiger partial charge is 0.290 e. The summed E-state index contributed by atoms with van der Waals surface area (Å²) in [5, 5.41) is 5.33. The lowest BCUT2D eigenvalue weighted by Gasteiger charge is -2.22. The van der Waals surface area contributed by atoms with Gasteiger partial charge in [0.15, 0.2) is 0 Å². The number of aromatic nitrogens is 3. The van der Waals surface area contributed by atoms with Crippen LogP contribution in [0.1, 0.15) is 0 Å². The predicted octanol–water partition coefficient (Wildman–Crippen LogP) is 8.36. The van der Waals surface area contributed by atoms with Crippen LogP contribution < -0.4 is 0 Å². The number of rotatable bonds is 2. The number of hydrogen-bond acceptors (Lipinski definition) is 4. The minimum absolute atomic E-state index is 0.282.